The quantitative estimate of drug-likeness (QED) is 0.369. The monoisotopic (exact) mass is 282 g/mol. The highest BCUT2D eigenvalue weighted by atomic mass is 32.9. The minimum Gasteiger partial charge on any atom is -0.738 e. The highest BCUT2D eigenvalue weighted by molar-refractivity contribution is 8.60. The lowest BCUT2D eigenvalue weighted by molar-refractivity contribution is -0.379. The summed E-state index contributed by atoms with van der Waals surface area (Å²) < 4.78 is 0. The Hall–Kier alpha value is -0.640. The van der Waals surface area contributed by atoms with E-state index in [1.165, 1.54) is 0 Å². The number of benzene rings is 2. The topological polar surface area (TPSA) is 53.7 Å². The average Bonchev–Trinajstić information content (AvgIpc) is 2.43. The molecule has 2 aromatic carbocycles. The highest BCUT2D eigenvalue weighted by Crippen LogP contribution is 2.40. The summed E-state index contributed by atoms with van der Waals surface area (Å²) in [5, 5.41) is 0.216. The summed E-state index contributed by atoms with van der Waals surface area (Å²) in [5.74, 6) is 7.00. The average molecular weight is 282 g/mol. The molecule has 0 aliphatic heterocycles. The predicted molar refractivity (Wildman–Crippen MR) is 80.9 cm³/mol. The molecule has 0 saturated carbocycles. The maximum absolute atomic E-state index is 5.60. The summed E-state index contributed by atoms with van der Waals surface area (Å²) in [4.78, 5) is 0. The van der Waals surface area contributed by atoms with E-state index in [0.29, 0.717) is 0 Å². The van der Waals surface area contributed by atoms with Gasteiger partial charge in [-0.3, -0.25) is 5.84 Å². The maximum atomic E-state index is 5.60. The van der Waals surface area contributed by atoms with Crippen molar-refractivity contribution in [3.05, 3.63) is 60.7 Å². The standard InChI is InChI=1S/C12H11PS2.H4N2/c14-13(15,11-7-3-1-4-8-11)12-9-5-2-6-10-12;1-2/h1-10H,(H,14,15);1-2H2. The van der Waals surface area contributed by atoms with Crippen molar-refractivity contribution in [1.29, 1.82) is 0 Å². The molecular weight excluding hydrogens is 267 g/mol. The SMILES string of the molecule is N[NH3+].S=P([S-])(c1ccccc1)c1ccccc1. The first-order chi connectivity index (χ1) is 8.21. The highest BCUT2D eigenvalue weighted by Gasteiger charge is 2.05. The Balaban J connectivity index is 0.000000686. The summed E-state index contributed by atoms with van der Waals surface area (Å²) in [6, 6.07) is 20.1. The van der Waals surface area contributed by atoms with Crippen LogP contribution in [0.3, 0.4) is 0 Å². The molecule has 0 spiro atoms. The zero-order chi connectivity index (χ0) is 12.7. The van der Waals surface area contributed by atoms with Crippen LogP contribution in [0.4, 0.5) is 0 Å². The second kappa shape index (κ2) is 6.94. The molecule has 5 N–H and O–H groups in total. The summed E-state index contributed by atoms with van der Waals surface area (Å²) in [6.45, 7) is 0. The maximum Gasteiger partial charge on any atom is -0.0328 e. The molecule has 17 heavy (non-hydrogen) atoms. The lowest BCUT2D eigenvalue weighted by atomic mass is 10.4. The van der Waals surface area contributed by atoms with Crippen LogP contribution in [0.15, 0.2) is 60.7 Å². The van der Waals surface area contributed by atoms with Gasteiger partial charge in [-0.25, -0.2) is 0 Å². The van der Waals surface area contributed by atoms with Gasteiger partial charge >= 0.3 is 0 Å². The molecule has 0 heterocycles. The van der Waals surface area contributed by atoms with Crippen LogP contribution in [0.1, 0.15) is 0 Å². The van der Waals surface area contributed by atoms with Crippen molar-refractivity contribution in [3.8, 4) is 0 Å². The zero-order valence-electron chi connectivity index (χ0n) is 9.32. The number of nitrogens with two attached hydrogens (primary N) is 1. The van der Waals surface area contributed by atoms with Crippen molar-refractivity contribution in [2.75, 3.05) is 0 Å². The van der Waals surface area contributed by atoms with Gasteiger partial charge in [0.2, 0.25) is 0 Å². The Kier molecular flexibility index (Phi) is 5.89. The molecule has 0 aliphatic carbocycles. The second-order valence-electron chi connectivity index (χ2n) is 3.22. The van der Waals surface area contributed by atoms with E-state index in [4.69, 9.17) is 24.1 Å². The van der Waals surface area contributed by atoms with Gasteiger partial charge in [-0.05, 0) is 10.6 Å². The van der Waals surface area contributed by atoms with E-state index >= 15 is 0 Å². The van der Waals surface area contributed by atoms with Gasteiger partial charge in [0, 0.05) is 0 Å². The molecule has 2 nitrogen and oxygen atoms in total. The molecule has 0 radical (unpaired) electrons. The summed E-state index contributed by atoms with van der Waals surface area (Å²) >= 11 is 11.2. The number of hydrogen-bond donors (Lipinski definition) is 2. The molecule has 0 atom stereocenters. The van der Waals surface area contributed by atoms with Crippen molar-refractivity contribution >= 4 is 39.9 Å². The van der Waals surface area contributed by atoms with Crippen LogP contribution in [-0.4, -0.2) is 0 Å². The molecule has 2 rings (SSSR count). The van der Waals surface area contributed by atoms with Gasteiger partial charge in [-0.2, -0.15) is 5.84 Å². The largest absolute Gasteiger partial charge is 0.738 e. The van der Waals surface area contributed by atoms with E-state index in [2.05, 4.69) is 11.7 Å². The van der Waals surface area contributed by atoms with Gasteiger partial charge in [0.05, 0.1) is 0 Å². The van der Waals surface area contributed by atoms with Crippen LogP contribution < -0.4 is 22.3 Å². The first kappa shape index (κ1) is 14.4. The van der Waals surface area contributed by atoms with E-state index in [9.17, 15) is 0 Å². The molecular formula is C12H15N2PS2. The van der Waals surface area contributed by atoms with Crippen LogP contribution in [-0.2, 0) is 24.1 Å². The van der Waals surface area contributed by atoms with Crippen LogP contribution in [0.5, 0.6) is 0 Å². The molecule has 90 valence electrons. The lowest BCUT2D eigenvalue weighted by Gasteiger charge is -2.29. The third kappa shape index (κ3) is 3.66. The Morgan fingerprint density at radius 1 is 0.824 bits per heavy atom. The second-order valence-corrected chi connectivity index (χ2v) is 9.34. The van der Waals surface area contributed by atoms with Gasteiger partial charge in [0.1, 0.15) is 0 Å². The minimum absolute atomic E-state index is 1.10. The smallest absolute Gasteiger partial charge is 0.0328 e. The molecule has 0 fully saturated rings. The molecule has 0 amide bonds. The normalized spacial score (nSPS) is 10.3. The molecule has 0 bridgehead atoms. The predicted octanol–water partition coefficient (Wildman–Crippen LogP) is 0.681. The number of quaternary nitrogens is 1. The molecule has 0 aliphatic rings. The van der Waals surface area contributed by atoms with Gasteiger partial charge in [-0.15, -0.1) is 17.0 Å². The van der Waals surface area contributed by atoms with E-state index in [0.717, 1.165) is 10.6 Å². The van der Waals surface area contributed by atoms with Crippen molar-refractivity contribution in [3.63, 3.8) is 0 Å². The van der Waals surface area contributed by atoms with E-state index < -0.39 is 5.24 Å². The lowest BCUT2D eigenvalue weighted by Crippen LogP contribution is -2.59. The summed E-state index contributed by atoms with van der Waals surface area (Å²) in [7, 11) is 0. The fourth-order valence-electron chi connectivity index (χ4n) is 1.40. The van der Waals surface area contributed by atoms with E-state index in [1.54, 1.807) is 0 Å². The number of hydrogen-bond acceptors (Lipinski definition) is 3. The van der Waals surface area contributed by atoms with Gasteiger partial charge in [0.15, 0.2) is 0 Å². The van der Waals surface area contributed by atoms with E-state index in [-0.39, 0.29) is 0 Å². The molecule has 0 saturated heterocycles. The Labute approximate surface area is 112 Å². The van der Waals surface area contributed by atoms with E-state index in [1.807, 2.05) is 60.7 Å². The summed E-state index contributed by atoms with van der Waals surface area (Å²) in [5.41, 5.74) is 0. The first-order valence-electron chi connectivity index (χ1n) is 5.04. The molecule has 0 unspecified atom stereocenters. The van der Waals surface area contributed by atoms with Crippen LogP contribution in [0, 0.1) is 0 Å². The van der Waals surface area contributed by atoms with Crippen molar-refractivity contribution in [2.24, 2.45) is 5.84 Å². The Bertz CT molecular complexity index is 445. The third-order valence-corrected chi connectivity index (χ3v) is 6.68. The van der Waals surface area contributed by atoms with Crippen molar-refractivity contribution in [2.45, 2.75) is 0 Å². The van der Waals surface area contributed by atoms with Crippen molar-refractivity contribution in [1.82, 2.24) is 0 Å². The van der Waals surface area contributed by atoms with Gasteiger partial charge < -0.3 is 12.2 Å². The van der Waals surface area contributed by atoms with Gasteiger partial charge in [0.25, 0.3) is 0 Å². The Morgan fingerprint density at radius 3 is 1.41 bits per heavy atom. The van der Waals surface area contributed by atoms with Crippen molar-refractivity contribution < 1.29 is 5.84 Å². The molecule has 0 aromatic heterocycles. The van der Waals surface area contributed by atoms with Crippen LogP contribution in [0.2, 0.25) is 0 Å². The fraction of sp³-hybridized carbons (Fsp3) is 0. The zero-order valence-corrected chi connectivity index (χ0v) is 11.8. The minimum atomic E-state index is -1.98. The first-order valence-corrected chi connectivity index (χ1v) is 8.86. The van der Waals surface area contributed by atoms with Gasteiger partial charge in [-0.1, -0.05) is 60.7 Å². The fourth-order valence-corrected chi connectivity index (χ4v) is 4.29. The number of rotatable bonds is 2. The third-order valence-electron chi connectivity index (χ3n) is 2.19. The van der Waals surface area contributed by atoms with Crippen LogP contribution in [0.25, 0.3) is 0 Å². The summed E-state index contributed by atoms with van der Waals surface area (Å²) in [6.07, 6.45) is 0. The molecule has 5 heteroatoms. The van der Waals surface area contributed by atoms with Crippen LogP contribution >= 0.6 is 5.24 Å². The molecule has 2 aromatic rings. The Morgan fingerprint density at radius 2 is 1.12 bits per heavy atom.